The molecular weight excluding hydrogens is 519 g/mol. The van der Waals surface area contributed by atoms with Crippen molar-refractivity contribution in [2.75, 3.05) is 43.4 Å². The van der Waals surface area contributed by atoms with E-state index in [1.807, 2.05) is 38.1 Å². The van der Waals surface area contributed by atoms with E-state index in [9.17, 15) is 8.42 Å². The Morgan fingerprint density at radius 2 is 2.07 bits per heavy atom. The number of guanidine groups is 1. The number of nitrogens with zero attached hydrogens (tertiary/aromatic N) is 2. The topological polar surface area (TPSA) is 73.8 Å². The molecule has 1 aliphatic heterocycles. The Bertz CT molecular complexity index is 713. The van der Waals surface area contributed by atoms with E-state index in [1.165, 1.54) is 0 Å². The van der Waals surface area contributed by atoms with Crippen LogP contribution in [0, 0.1) is 0 Å². The minimum atomic E-state index is -3.24. The van der Waals surface area contributed by atoms with Crippen molar-refractivity contribution in [3.8, 4) is 0 Å². The van der Waals surface area contributed by atoms with Crippen molar-refractivity contribution in [1.82, 2.24) is 14.9 Å². The molecule has 6 nitrogen and oxygen atoms in total. The average molecular weight is 547 g/mol. The third kappa shape index (κ3) is 8.35. The lowest BCUT2D eigenvalue weighted by molar-refractivity contribution is 0.444. The van der Waals surface area contributed by atoms with Gasteiger partial charge in [-0.2, -0.15) is 11.8 Å². The summed E-state index contributed by atoms with van der Waals surface area (Å²) in [5.74, 6) is 2.36. The van der Waals surface area contributed by atoms with Gasteiger partial charge >= 0.3 is 0 Å². The van der Waals surface area contributed by atoms with Gasteiger partial charge in [0.2, 0.25) is 10.0 Å². The van der Waals surface area contributed by atoms with Gasteiger partial charge in [-0.05, 0) is 31.5 Å². The van der Waals surface area contributed by atoms with Crippen molar-refractivity contribution in [2.24, 2.45) is 4.99 Å². The van der Waals surface area contributed by atoms with Gasteiger partial charge in [0.25, 0.3) is 0 Å². The first kappa shape index (κ1) is 24.8. The fraction of sp³-hybridized carbons (Fsp3) is 0.588. The number of hydrogen-bond donors (Lipinski definition) is 2. The summed E-state index contributed by atoms with van der Waals surface area (Å²) in [6.45, 7) is 6.11. The molecule has 0 saturated carbocycles. The van der Waals surface area contributed by atoms with Gasteiger partial charge < -0.3 is 10.6 Å². The third-order valence-corrected chi connectivity index (χ3v) is 7.06. The fourth-order valence-electron chi connectivity index (χ4n) is 2.61. The summed E-state index contributed by atoms with van der Waals surface area (Å²) in [6, 6.07) is 7.64. The van der Waals surface area contributed by atoms with Crippen molar-refractivity contribution < 1.29 is 8.42 Å². The monoisotopic (exact) mass is 546 g/mol. The van der Waals surface area contributed by atoms with Crippen LogP contribution in [0.15, 0.2) is 29.3 Å². The molecule has 0 aliphatic carbocycles. The third-order valence-electron chi connectivity index (χ3n) is 4.03. The summed E-state index contributed by atoms with van der Waals surface area (Å²) < 4.78 is 26.4. The van der Waals surface area contributed by atoms with Crippen molar-refractivity contribution in [2.45, 2.75) is 19.9 Å². The SMILES string of the molecule is CCNC(=NCCS(=O)(=O)N1CCSCC1)NC(C)c1cccc(Cl)c1.I. The Morgan fingerprint density at radius 3 is 2.70 bits per heavy atom. The van der Waals surface area contributed by atoms with Crippen molar-refractivity contribution >= 4 is 63.3 Å². The highest BCUT2D eigenvalue weighted by atomic mass is 127. The van der Waals surface area contributed by atoms with E-state index < -0.39 is 10.0 Å². The first-order chi connectivity index (χ1) is 12.4. The number of nitrogens with one attached hydrogen (secondary N) is 2. The summed E-state index contributed by atoms with van der Waals surface area (Å²) in [5.41, 5.74) is 1.04. The second-order valence-electron chi connectivity index (χ2n) is 6.01. The van der Waals surface area contributed by atoms with Gasteiger partial charge in [-0.25, -0.2) is 12.7 Å². The van der Waals surface area contributed by atoms with Crippen LogP contribution in [0.25, 0.3) is 0 Å². The fourth-order valence-corrected chi connectivity index (χ4v) is 5.26. The van der Waals surface area contributed by atoms with E-state index in [0.717, 1.165) is 17.1 Å². The lowest BCUT2D eigenvalue weighted by atomic mass is 10.1. The van der Waals surface area contributed by atoms with Gasteiger partial charge in [0.15, 0.2) is 5.96 Å². The summed E-state index contributed by atoms with van der Waals surface area (Å²) in [7, 11) is -3.24. The highest BCUT2D eigenvalue weighted by Crippen LogP contribution is 2.17. The summed E-state index contributed by atoms with van der Waals surface area (Å²) >= 11 is 7.84. The van der Waals surface area contributed by atoms with Crippen LogP contribution in [0.1, 0.15) is 25.5 Å². The van der Waals surface area contributed by atoms with Crippen LogP contribution in [-0.2, 0) is 10.0 Å². The Kier molecular flexibility index (Phi) is 11.4. The molecule has 2 rings (SSSR count). The normalized spacial score (nSPS) is 17.1. The van der Waals surface area contributed by atoms with Gasteiger partial charge in [0.05, 0.1) is 18.3 Å². The molecule has 1 aromatic carbocycles. The van der Waals surface area contributed by atoms with Gasteiger partial charge in [0, 0.05) is 36.2 Å². The molecule has 1 atom stereocenters. The predicted octanol–water partition coefficient (Wildman–Crippen LogP) is 2.95. The second kappa shape index (κ2) is 12.4. The summed E-state index contributed by atoms with van der Waals surface area (Å²) in [5, 5.41) is 7.14. The minimum Gasteiger partial charge on any atom is -0.357 e. The maximum Gasteiger partial charge on any atom is 0.215 e. The molecule has 1 aromatic rings. The standard InChI is InChI=1S/C17H27ClN4O2S2.HI/c1-3-19-17(21-14(2)15-5-4-6-16(18)13-15)20-7-12-26(23,24)22-8-10-25-11-9-22;/h4-6,13-14H,3,7-12H2,1-2H3,(H2,19,20,21);1H. The van der Waals surface area contributed by atoms with Crippen LogP contribution >= 0.6 is 47.3 Å². The van der Waals surface area contributed by atoms with Crippen LogP contribution in [0.5, 0.6) is 0 Å². The highest BCUT2D eigenvalue weighted by molar-refractivity contribution is 14.0. The number of aliphatic imine (C=N–C) groups is 1. The Labute approximate surface area is 189 Å². The second-order valence-corrected chi connectivity index (χ2v) is 9.76. The quantitative estimate of drug-likeness (QED) is 0.313. The van der Waals surface area contributed by atoms with E-state index in [1.54, 1.807) is 16.1 Å². The molecule has 0 radical (unpaired) electrons. The van der Waals surface area contributed by atoms with Crippen LogP contribution < -0.4 is 10.6 Å². The molecule has 10 heteroatoms. The predicted molar refractivity (Wildman–Crippen MR) is 127 cm³/mol. The first-order valence-electron chi connectivity index (χ1n) is 8.78. The molecular formula is C17H28ClIN4O2S2. The Balaban J connectivity index is 0.00000364. The smallest absolute Gasteiger partial charge is 0.215 e. The minimum absolute atomic E-state index is 0. The molecule has 0 spiro atoms. The zero-order chi connectivity index (χ0) is 19.0. The Morgan fingerprint density at radius 1 is 1.37 bits per heavy atom. The number of thioether (sulfide) groups is 1. The van der Waals surface area contributed by atoms with Crippen LogP contribution in [0.4, 0.5) is 0 Å². The van der Waals surface area contributed by atoms with Crippen molar-refractivity contribution in [1.29, 1.82) is 0 Å². The number of rotatable bonds is 7. The van der Waals surface area contributed by atoms with E-state index in [0.29, 0.717) is 30.6 Å². The zero-order valence-electron chi connectivity index (χ0n) is 15.7. The van der Waals surface area contributed by atoms with E-state index >= 15 is 0 Å². The lowest BCUT2D eigenvalue weighted by Crippen LogP contribution is -2.41. The Hall–Kier alpha value is -0.230. The largest absolute Gasteiger partial charge is 0.357 e. The molecule has 0 bridgehead atoms. The number of sulfonamides is 1. The number of benzene rings is 1. The van der Waals surface area contributed by atoms with Crippen molar-refractivity contribution in [3.63, 3.8) is 0 Å². The van der Waals surface area contributed by atoms with E-state index in [-0.39, 0.29) is 42.3 Å². The van der Waals surface area contributed by atoms with Crippen LogP contribution in [0.3, 0.4) is 0 Å². The molecule has 0 aromatic heterocycles. The summed E-state index contributed by atoms with van der Waals surface area (Å²) in [4.78, 5) is 4.43. The number of halogens is 2. The van der Waals surface area contributed by atoms with Crippen molar-refractivity contribution in [3.05, 3.63) is 34.9 Å². The maximum atomic E-state index is 12.4. The molecule has 27 heavy (non-hydrogen) atoms. The first-order valence-corrected chi connectivity index (χ1v) is 11.9. The molecule has 1 unspecified atom stereocenters. The molecule has 154 valence electrons. The van der Waals surface area contributed by atoms with E-state index in [2.05, 4.69) is 15.6 Å². The molecule has 0 amide bonds. The number of hydrogen-bond acceptors (Lipinski definition) is 4. The zero-order valence-corrected chi connectivity index (χ0v) is 20.4. The molecule has 1 fully saturated rings. The average Bonchev–Trinajstić information content (AvgIpc) is 2.62. The molecule has 1 aliphatic rings. The molecule has 2 N–H and O–H groups in total. The van der Waals surface area contributed by atoms with Gasteiger partial charge in [-0.1, -0.05) is 23.7 Å². The van der Waals surface area contributed by atoms with Gasteiger partial charge in [0.1, 0.15) is 0 Å². The van der Waals surface area contributed by atoms with Crippen LogP contribution in [-0.4, -0.2) is 62.1 Å². The summed E-state index contributed by atoms with van der Waals surface area (Å²) in [6.07, 6.45) is 0. The lowest BCUT2D eigenvalue weighted by Gasteiger charge is -2.25. The van der Waals surface area contributed by atoms with Gasteiger partial charge in [-0.15, -0.1) is 24.0 Å². The highest BCUT2D eigenvalue weighted by Gasteiger charge is 2.23. The molecule has 1 heterocycles. The van der Waals surface area contributed by atoms with E-state index in [4.69, 9.17) is 11.6 Å². The van der Waals surface area contributed by atoms with Gasteiger partial charge in [-0.3, -0.25) is 4.99 Å². The van der Waals surface area contributed by atoms with Crippen LogP contribution in [0.2, 0.25) is 5.02 Å². The maximum absolute atomic E-state index is 12.4. The molecule has 1 saturated heterocycles.